The summed E-state index contributed by atoms with van der Waals surface area (Å²) in [5.41, 5.74) is 0. The van der Waals surface area contributed by atoms with Crippen LogP contribution in [0.3, 0.4) is 0 Å². The molecule has 0 spiro atoms. The lowest BCUT2D eigenvalue weighted by Crippen LogP contribution is -2.08. The second kappa shape index (κ2) is 2.21. The molecule has 0 N–H and O–H groups in total. The van der Waals surface area contributed by atoms with Crippen LogP contribution in [0, 0.1) is 6.92 Å². The summed E-state index contributed by atoms with van der Waals surface area (Å²) in [5, 5.41) is 0. The minimum atomic E-state index is 0.889. The van der Waals surface area contributed by atoms with Crippen molar-refractivity contribution in [1.29, 1.82) is 0 Å². The Labute approximate surface area is 33.6 Å². The van der Waals surface area contributed by atoms with Crippen molar-refractivity contribution in [2.45, 2.75) is 0 Å². The molecule has 1 radical (unpaired) electrons. The molecule has 0 aliphatic rings. The maximum atomic E-state index is 3.61. The second-order valence-corrected chi connectivity index (χ2v) is 1.30. The van der Waals surface area contributed by atoms with E-state index in [1.807, 2.05) is 19.0 Å². The molecule has 0 fully saturated rings. The van der Waals surface area contributed by atoms with E-state index in [0.717, 1.165) is 6.54 Å². The molecule has 0 unspecified atom stereocenters. The Kier molecular flexibility index (Phi) is 2.19. The fraction of sp³-hybridized carbons (Fsp3) is 0.750. The monoisotopic (exact) mass is 72.1 g/mol. The molecule has 0 aromatic carbocycles. The Morgan fingerprint density at radius 3 is 1.80 bits per heavy atom. The molecular weight excluding hydrogens is 62.1 g/mol. The van der Waals surface area contributed by atoms with Gasteiger partial charge in [-0.1, -0.05) is 0 Å². The number of rotatable bonds is 1. The van der Waals surface area contributed by atoms with Gasteiger partial charge < -0.3 is 4.90 Å². The van der Waals surface area contributed by atoms with Crippen LogP contribution in [0.2, 0.25) is 0 Å². The zero-order valence-corrected chi connectivity index (χ0v) is 3.86. The Bertz CT molecular complexity index is 17.6. The van der Waals surface area contributed by atoms with Gasteiger partial charge in [-0.15, -0.1) is 0 Å². The van der Waals surface area contributed by atoms with Crippen molar-refractivity contribution in [3.05, 3.63) is 6.92 Å². The van der Waals surface area contributed by atoms with E-state index >= 15 is 0 Å². The van der Waals surface area contributed by atoms with Crippen molar-refractivity contribution in [2.75, 3.05) is 20.6 Å². The first-order valence-corrected chi connectivity index (χ1v) is 1.71. The maximum absolute atomic E-state index is 3.61. The van der Waals surface area contributed by atoms with E-state index in [1.54, 1.807) is 0 Å². The summed E-state index contributed by atoms with van der Waals surface area (Å²) < 4.78 is 0. The highest BCUT2D eigenvalue weighted by atomic mass is 15.0. The van der Waals surface area contributed by atoms with Crippen LogP contribution in [-0.4, -0.2) is 25.5 Å². The minimum Gasteiger partial charge on any atom is -0.309 e. The van der Waals surface area contributed by atoms with Gasteiger partial charge in [-0.05, 0) is 27.6 Å². The molecule has 0 aliphatic heterocycles. The molecule has 0 atom stereocenters. The third-order valence-electron chi connectivity index (χ3n) is 0.447. The molecule has 1 nitrogen and oxygen atoms in total. The summed E-state index contributed by atoms with van der Waals surface area (Å²) in [6, 6.07) is 0. The first-order chi connectivity index (χ1) is 2.27. The zero-order valence-electron chi connectivity index (χ0n) is 3.86. The first kappa shape index (κ1) is 4.96. The van der Waals surface area contributed by atoms with Crippen molar-refractivity contribution in [1.82, 2.24) is 4.90 Å². The van der Waals surface area contributed by atoms with E-state index in [0.29, 0.717) is 0 Å². The van der Waals surface area contributed by atoms with E-state index in [-0.39, 0.29) is 0 Å². The van der Waals surface area contributed by atoms with Gasteiger partial charge in [0.1, 0.15) is 0 Å². The van der Waals surface area contributed by atoms with Crippen molar-refractivity contribution in [3.63, 3.8) is 0 Å². The molecule has 0 saturated carbocycles. The highest BCUT2D eigenvalue weighted by Crippen LogP contribution is 1.63. The summed E-state index contributed by atoms with van der Waals surface area (Å²) in [7, 11) is 3.99. The van der Waals surface area contributed by atoms with Crippen molar-refractivity contribution in [2.24, 2.45) is 0 Å². The third kappa shape index (κ3) is 3.96. The fourth-order valence-electron chi connectivity index (χ4n) is 0. The van der Waals surface area contributed by atoms with Crippen molar-refractivity contribution < 1.29 is 0 Å². The molecular formula is C4H10N. The molecule has 1 heteroatoms. The van der Waals surface area contributed by atoms with Crippen LogP contribution in [0.1, 0.15) is 0 Å². The molecule has 0 aromatic heterocycles. The summed E-state index contributed by atoms with van der Waals surface area (Å²) in [6.45, 7) is 4.50. The Balaban J connectivity index is 2.54. The van der Waals surface area contributed by atoms with Gasteiger partial charge in [-0.2, -0.15) is 0 Å². The van der Waals surface area contributed by atoms with Crippen molar-refractivity contribution in [3.8, 4) is 0 Å². The predicted octanol–water partition coefficient (Wildman–Crippen LogP) is 0.382. The Hall–Kier alpha value is -0.0400. The van der Waals surface area contributed by atoms with E-state index < -0.39 is 0 Å². The Morgan fingerprint density at radius 1 is 1.60 bits per heavy atom. The lowest BCUT2D eigenvalue weighted by molar-refractivity contribution is 0.455. The Morgan fingerprint density at radius 2 is 1.80 bits per heavy atom. The molecule has 0 aromatic rings. The van der Waals surface area contributed by atoms with E-state index in [9.17, 15) is 0 Å². The normalized spacial score (nSPS) is 9.60. The van der Waals surface area contributed by atoms with Crippen LogP contribution in [-0.2, 0) is 0 Å². The highest BCUT2D eigenvalue weighted by Gasteiger charge is 1.72. The minimum absolute atomic E-state index is 0.889. The van der Waals surface area contributed by atoms with Gasteiger partial charge in [0.15, 0.2) is 0 Å². The van der Waals surface area contributed by atoms with Gasteiger partial charge in [0.2, 0.25) is 0 Å². The lowest BCUT2D eigenvalue weighted by atomic mass is 10.7. The molecule has 0 aliphatic carbocycles. The van der Waals surface area contributed by atoms with Crippen LogP contribution in [0.4, 0.5) is 0 Å². The van der Waals surface area contributed by atoms with E-state index in [4.69, 9.17) is 0 Å². The van der Waals surface area contributed by atoms with Crippen LogP contribution < -0.4 is 0 Å². The summed E-state index contributed by atoms with van der Waals surface area (Å²) in [5.74, 6) is 0. The first-order valence-electron chi connectivity index (χ1n) is 1.71. The molecule has 5 heavy (non-hydrogen) atoms. The van der Waals surface area contributed by atoms with Crippen molar-refractivity contribution >= 4 is 0 Å². The van der Waals surface area contributed by atoms with Gasteiger partial charge in [0.25, 0.3) is 0 Å². The van der Waals surface area contributed by atoms with Gasteiger partial charge in [0, 0.05) is 0 Å². The summed E-state index contributed by atoms with van der Waals surface area (Å²) in [4.78, 5) is 2.01. The summed E-state index contributed by atoms with van der Waals surface area (Å²) in [6.07, 6.45) is 0. The number of hydrogen-bond acceptors (Lipinski definition) is 1. The lowest BCUT2D eigenvalue weighted by Gasteiger charge is -1.99. The number of hydrogen-bond donors (Lipinski definition) is 0. The second-order valence-electron chi connectivity index (χ2n) is 1.30. The van der Waals surface area contributed by atoms with E-state index in [1.165, 1.54) is 0 Å². The van der Waals surface area contributed by atoms with Gasteiger partial charge in [-0.25, -0.2) is 0 Å². The average molecular weight is 72.1 g/mol. The summed E-state index contributed by atoms with van der Waals surface area (Å²) >= 11 is 0. The maximum Gasteiger partial charge on any atom is -0.00244 e. The van der Waals surface area contributed by atoms with Gasteiger partial charge in [0.05, 0.1) is 0 Å². The smallest absolute Gasteiger partial charge is 0.00244 e. The topological polar surface area (TPSA) is 3.24 Å². The fourth-order valence-corrected chi connectivity index (χ4v) is 0. The molecule has 0 heterocycles. The van der Waals surface area contributed by atoms with Gasteiger partial charge >= 0.3 is 0 Å². The number of nitrogens with zero attached hydrogens (tertiary/aromatic N) is 1. The average Bonchev–Trinajstić information content (AvgIpc) is 1.38. The zero-order chi connectivity index (χ0) is 4.28. The molecule has 0 saturated heterocycles. The van der Waals surface area contributed by atoms with Crippen LogP contribution in [0.15, 0.2) is 0 Å². The predicted molar refractivity (Wildman–Crippen MR) is 23.9 cm³/mol. The van der Waals surface area contributed by atoms with Crippen LogP contribution in [0.25, 0.3) is 0 Å². The molecule has 31 valence electrons. The molecule has 0 amide bonds. The molecule has 0 bridgehead atoms. The highest BCUT2D eigenvalue weighted by molar-refractivity contribution is 4.39. The van der Waals surface area contributed by atoms with Crippen LogP contribution in [0.5, 0.6) is 0 Å². The van der Waals surface area contributed by atoms with E-state index in [2.05, 4.69) is 6.92 Å². The SMILES string of the molecule is [CH2]CN(C)C. The quantitative estimate of drug-likeness (QED) is 0.433. The molecule has 0 rings (SSSR count). The third-order valence-corrected chi connectivity index (χ3v) is 0.447. The van der Waals surface area contributed by atoms with Crippen LogP contribution >= 0.6 is 0 Å². The van der Waals surface area contributed by atoms with Gasteiger partial charge in [-0.3, -0.25) is 0 Å². The standard InChI is InChI=1S/C4H10N/c1-4-5(2)3/h1,4H2,2-3H3. The largest absolute Gasteiger partial charge is 0.309 e.